The molecular formula is C18H15Cl2N3O. The van der Waals surface area contributed by atoms with Crippen LogP contribution in [0, 0.1) is 0 Å². The van der Waals surface area contributed by atoms with E-state index >= 15 is 0 Å². The highest BCUT2D eigenvalue weighted by atomic mass is 35.5. The number of halogens is 2. The minimum atomic E-state index is -0.237. The maximum absolute atomic E-state index is 12.9. The Morgan fingerprint density at radius 3 is 2.62 bits per heavy atom. The predicted octanol–water partition coefficient (Wildman–Crippen LogP) is 4.47. The van der Waals surface area contributed by atoms with E-state index in [-0.39, 0.29) is 11.6 Å². The quantitative estimate of drug-likeness (QED) is 0.630. The van der Waals surface area contributed by atoms with E-state index in [0.29, 0.717) is 28.7 Å². The Bertz CT molecular complexity index is 887. The molecule has 1 amide bonds. The third kappa shape index (κ3) is 3.30. The summed E-state index contributed by atoms with van der Waals surface area (Å²) in [6.07, 6.45) is 3.44. The second-order valence-electron chi connectivity index (χ2n) is 5.29. The molecule has 0 radical (unpaired) electrons. The normalized spacial score (nSPS) is 10.8. The molecule has 4 nitrogen and oxygen atoms in total. The minimum absolute atomic E-state index is 0.235. The van der Waals surface area contributed by atoms with Crippen molar-refractivity contribution in [3.63, 3.8) is 0 Å². The number of fused-ring (bicyclic) bond motifs is 1. The van der Waals surface area contributed by atoms with Crippen LogP contribution in [0.4, 0.5) is 0 Å². The van der Waals surface area contributed by atoms with Crippen molar-refractivity contribution in [2.24, 2.45) is 0 Å². The van der Waals surface area contributed by atoms with Crippen molar-refractivity contribution >= 4 is 34.6 Å². The minimum Gasteiger partial charge on any atom is -0.329 e. The zero-order chi connectivity index (χ0) is 17.1. The van der Waals surface area contributed by atoms with Gasteiger partial charge in [-0.1, -0.05) is 47.5 Å². The summed E-state index contributed by atoms with van der Waals surface area (Å²) in [4.78, 5) is 14.5. The average Bonchev–Trinajstić information content (AvgIpc) is 2.93. The van der Waals surface area contributed by atoms with Gasteiger partial charge in [-0.15, -0.1) is 6.58 Å². The van der Waals surface area contributed by atoms with Gasteiger partial charge in [0, 0.05) is 24.3 Å². The largest absolute Gasteiger partial charge is 0.329 e. The van der Waals surface area contributed by atoms with E-state index < -0.39 is 0 Å². The molecule has 0 atom stereocenters. The van der Waals surface area contributed by atoms with E-state index in [4.69, 9.17) is 23.2 Å². The summed E-state index contributed by atoms with van der Waals surface area (Å²) >= 11 is 12.3. The van der Waals surface area contributed by atoms with Crippen LogP contribution < -0.4 is 0 Å². The molecule has 0 fully saturated rings. The number of pyridine rings is 1. The van der Waals surface area contributed by atoms with Crippen molar-refractivity contribution in [1.82, 2.24) is 14.5 Å². The highest BCUT2D eigenvalue weighted by Gasteiger charge is 2.23. The first-order valence-corrected chi connectivity index (χ1v) is 8.13. The number of hydrogen-bond donors (Lipinski definition) is 0. The summed E-state index contributed by atoms with van der Waals surface area (Å²) in [5.41, 5.74) is 1.90. The van der Waals surface area contributed by atoms with Gasteiger partial charge in [0.05, 0.1) is 10.5 Å². The Morgan fingerprint density at radius 2 is 1.96 bits per heavy atom. The fourth-order valence-electron chi connectivity index (χ4n) is 2.44. The fraction of sp³-hybridized carbons (Fsp3) is 0.111. The topological polar surface area (TPSA) is 37.6 Å². The van der Waals surface area contributed by atoms with Gasteiger partial charge in [-0.2, -0.15) is 5.10 Å². The summed E-state index contributed by atoms with van der Waals surface area (Å²) < 4.78 is 1.60. The Hall–Kier alpha value is -2.30. The smallest absolute Gasteiger partial charge is 0.276 e. The molecule has 0 spiro atoms. The number of amides is 1. The van der Waals surface area contributed by atoms with Gasteiger partial charge in [-0.3, -0.25) is 4.79 Å². The van der Waals surface area contributed by atoms with Gasteiger partial charge in [0.2, 0.25) is 0 Å². The van der Waals surface area contributed by atoms with Crippen molar-refractivity contribution in [2.75, 3.05) is 6.54 Å². The van der Waals surface area contributed by atoms with Gasteiger partial charge in [-0.05, 0) is 29.8 Å². The van der Waals surface area contributed by atoms with Crippen molar-refractivity contribution in [1.29, 1.82) is 0 Å². The van der Waals surface area contributed by atoms with Crippen molar-refractivity contribution in [3.05, 3.63) is 82.6 Å². The molecule has 0 bridgehead atoms. The molecule has 3 rings (SSSR count). The predicted molar refractivity (Wildman–Crippen MR) is 96.6 cm³/mol. The number of benzene rings is 1. The maximum atomic E-state index is 12.9. The lowest BCUT2D eigenvalue weighted by molar-refractivity contribution is 0.0756. The summed E-state index contributed by atoms with van der Waals surface area (Å²) in [6, 6.07) is 12.9. The van der Waals surface area contributed by atoms with Crippen LogP contribution in [0.25, 0.3) is 5.52 Å². The number of rotatable bonds is 5. The molecule has 1 aromatic carbocycles. The van der Waals surface area contributed by atoms with Gasteiger partial charge in [0.25, 0.3) is 5.91 Å². The first-order chi connectivity index (χ1) is 11.6. The molecule has 0 saturated carbocycles. The lowest BCUT2D eigenvalue weighted by atomic mass is 10.2. The Kier molecular flexibility index (Phi) is 4.88. The number of carbonyl (C=O) groups is 1. The maximum Gasteiger partial charge on any atom is 0.276 e. The SMILES string of the molecule is C=CCN(Cc1ccc(Cl)cc1)C(=O)c1nn2ccccc2c1Cl. The molecule has 0 aliphatic heterocycles. The van der Waals surface area contributed by atoms with Crippen molar-refractivity contribution < 1.29 is 4.79 Å². The van der Waals surface area contributed by atoms with Gasteiger partial charge < -0.3 is 4.90 Å². The number of carbonyl (C=O) groups excluding carboxylic acids is 1. The van der Waals surface area contributed by atoms with E-state index in [1.165, 1.54) is 0 Å². The number of nitrogens with zero attached hydrogens (tertiary/aromatic N) is 3. The highest BCUT2D eigenvalue weighted by molar-refractivity contribution is 6.36. The second-order valence-corrected chi connectivity index (χ2v) is 6.11. The lowest BCUT2D eigenvalue weighted by Crippen LogP contribution is -2.31. The summed E-state index contributed by atoms with van der Waals surface area (Å²) in [5, 5.41) is 5.32. The zero-order valence-electron chi connectivity index (χ0n) is 12.8. The van der Waals surface area contributed by atoms with Gasteiger partial charge in [-0.25, -0.2) is 4.52 Å². The summed E-state index contributed by atoms with van der Waals surface area (Å²) in [5.74, 6) is -0.237. The number of hydrogen-bond acceptors (Lipinski definition) is 2. The summed E-state index contributed by atoms with van der Waals surface area (Å²) in [7, 11) is 0. The van der Waals surface area contributed by atoms with E-state index in [1.807, 2.05) is 30.3 Å². The van der Waals surface area contributed by atoms with E-state index in [1.54, 1.807) is 33.8 Å². The first kappa shape index (κ1) is 16.6. The second kappa shape index (κ2) is 7.07. The molecule has 122 valence electrons. The molecule has 3 aromatic rings. The van der Waals surface area contributed by atoms with Crippen LogP contribution in [-0.4, -0.2) is 27.0 Å². The van der Waals surface area contributed by atoms with Crippen LogP contribution in [0.1, 0.15) is 16.1 Å². The monoisotopic (exact) mass is 359 g/mol. The van der Waals surface area contributed by atoms with Crippen LogP contribution in [0.2, 0.25) is 10.0 Å². The zero-order valence-corrected chi connectivity index (χ0v) is 14.3. The first-order valence-electron chi connectivity index (χ1n) is 7.37. The molecule has 0 N–H and O–H groups in total. The van der Waals surface area contributed by atoms with Gasteiger partial charge in [0.1, 0.15) is 0 Å². The van der Waals surface area contributed by atoms with E-state index in [9.17, 15) is 4.79 Å². The molecule has 2 aromatic heterocycles. The molecule has 2 heterocycles. The van der Waals surface area contributed by atoms with Crippen LogP contribution in [0.5, 0.6) is 0 Å². The van der Waals surface area contributed by atoms with Crippen molar-refractivity contribution in [2.45, 2.75) is 6.54 Å². The molecule has 6 heteroatoms. The number of aromatic nitrogens is 2. The van der Waals surface area contributed by atoms with Crippen LogP contribution in [0.3, 0.4) is 0 Å². The van der Waals surface area contributed by atoms with Crippen LogP contribution in [0.15, 0.2) is 61.3 Å². The standard InChI is InChI=1S/C18H15Cl2N3O/c1-2-10-22(12-13-6-8-14(19)9-7-13)18(24)17-16(20)15-5-3-4-11-23(15)21-17/h2-9,11H,1,10,12H2. The molecule has 0 saturated heterocycles. The average molecular weight is 360 g/mol. The van der Waals surface area contributed by atoms with Gasteiger partial charge in [0.15, 0.2) is 5.69 Å². The Labute approximate surface area is 149 Å². The Balaban J connectivity index is 1.91. The molecule has 24 heavy (non-hydrogen) atoms. The third-order valence-corrected chi connectivity index (χ3v) is 4.23. The Morgan fingerprint density at radius 1 is 1.21 bits per heavy atom. The molecular weight excluding hydrogens is 345 g/mol. The summed E-state index contributed by atoms with van der Waals surface area (Å²) in [6.45, 7) is 4.54. The lowest BCUT2D eigenvalue weighted by Gasteiger charge is -2.20. The molecule has 0 aliphatic carbocycles. The highest BCUT2D eigenvalue weighted by Crippen LogP contribution is 2.23. The molecule has 0 unspecified atom stereocenters. The fourth-order valence-corrected chi connectivity index (χ4v) is 2.83. The van der Waals surface area contributed by atoms with E-state index in [0.717, 1.165) is 5.56 Å². The molecule has 0 aliphatic rings. The van der Waals surface area contributed by atoms with Crippen LogP contribution in [-0.2, 0) is 6.54 Å². The van der Waals surface area contributed by atoms with E-state index in [2.05, 4.69) is 11.7 Å². The van der Waals surface area contributed by atoms with Crippen LogP contribution >= 0.6 is 23.2 Å². The van der Waals surface area contributed by atoms with Gasteiger partial charge >= 0.3 is 0 Å². The van der Waals surface area contributed by atoms with Crippen molar-refractivity contribution in [3.8, 4) is 0 Å². The third-order valence-electron chi connectivity index (χ3n) is 3.61.